The standard InChI is InChI=1S/C22H25FN4O2.HI/c1-14-18-11-17(23)9-10-19(18)29-20(14)13-26-22(24-2)25-12-15-5-7-16(8-6-15)21(28)27(3)4;/h5-11H,12-13H2,1-4H3,(H2,24,25,26);1H. The number of aliphatic imine (C=N–C) groups is 1. The summed E-state index contributed by atoms with van der Waals surface area (Å²) in [5.41, 5.74) is 3.25. The Morgan fingerprint density at radius 2 is 1.77 bits per heavy atom. The molecule has 3 rings (SSSR count). The fourth-order valence-electron chi connectivity index (χ4n) is 3.01. The average Bonchev–Trinajstić information content (AvgIpc) is 3.03. The van der Waals surface area contributed by atoms with Crippen LogP contribution in [0.2, 0.25) is 0 Å². The smallest absolute Gasteiger partial charge is 0.253 e. The molecule has 0 unspecified atom stereocenters. The fourth-order valence-corrected chi connectivity index (χ4v) is 3.01. The van der Waals surface area contributed by atoms with E-state index in [1.807, 2.05) is 31.2 Å². The van der Waals surface area contributed by atoms with Gasteiger partial charge in [0.15, 0.2) is 5.96 Å². The van der Waals surface area contributed by atoms with Crippen LogP contribution in [-0.4, -0.2) is 37.9 Å². The number of carbonyl (C=O) groups excluding carboxylic acids is 1. The molecule has 0 radical (unpaired) electrons. The minimum atomic E-state index is -0.281. The van der Waals surface area contributed by atoms with E-state index in [-0.39, 0.29) is 35.7 Å². The Labute approximate surface area is 192 Å². The quantitative estimate of drug-likeness (QED) is 0.300. The topological polar surface area (TPSA) is 69.9 Å². The number of hydrogen-bond donors (Lipinski definition) is 2. The lowest BCUT2D eigenvalue weighted by atomic mass is 10.1. The zero-order valence-corrected chi connectivity index (χ0v) is 19.8. The number of nitrogens with zero attached hydrogens (tertiary/aromatic N) is 2. The van der Waals surface area contributed by atoms with Crippen molar-refractivity contribution in [1.82, 2.24) is 15.5 Å². The first kappa shape index (κ1) is 23.7. The second-order valence-electron chi connectivity index (χ2n) is 6.97. The van der Waals surface area contributed by atoms with Gasteiger partial charge in [0, 0.05) is 44.2 Å². The molecule has 0 aliphatic carbocycles. The summed E-state index contributed by atoms with van der Waals surface area (Å²) < 4.78 is 19.3. The molecule has 2 N–H and O–H groups in total. The van der Waals surface area contributed by atoms with Crippen LogP contribution in [0.25, 0.3) is 11.0 Å². The van der Waals surface area contributed by atoms with Crippen LogP contribution >= 0.6 is 24.0 Å². The summed E-state index contributed by atoms with van der Waals surface area (Å²) in [5.74, 6) is 1.05. The van der Waals surface area contributed by atoms with Crippen LogP contribution in [0.5, 0.6) is 0 Å². The number of nitrogens with one attached hydrogen (secondary N) is 2. The number of rotatable bonds is 5. The Kier molecular flexibility index (Phi) is 8.22. The van der Waals surface area contributed by atoms with Crippen molar-refractivity contribution in [3.05, 3.63) is 70.7 Å². The van der Waals surface area contributed by atoms with Crippen molar-refractivity contribution < 1.29 is 13.6 Å². The summed E-state index contributed by atoms with van der Waals surface area (Å²) in [7, 11) is 5.15. The number of halogens is 2. The van der Waals surface area contributed by atoms with Gasteiger partial charge in [0.05, 0.1) is 6.54 Å². The zero-order chi connectivity index (χ0) is 21.0. The number of guanidine groups is 1. The van der Waals surface area contributed by atoms with Crippen LogP contribution < -0.4 is 10.6 Å². The van der Waals surface area contributed by atoms with Gasteiger partial charge in [-0.25, -0.2) is 4.39 Å². The minimum Gasteiger partial charge on any atom is -0.459 e. The Bertz CT molecular complexity index is 1050. The van der Waals surface area contributed by atoms with Gasteiger partial charge in [0.1, 0.15) is 17.2 Å². The Balaban J connectivity index is 0.00000320. The van der Waals surface area contributed by atoms with Crippen molar-refractivity contribution in [2.45, 2.75) is 20.0 Å². The maximum atomic E-state index is 13.5. The predicted octanol–water partition coefficient (Wildman–Crippen LogP) is 4.07. The van der Waals surface area contributed by atoms with Gasteiger partial charge < -0.3 is 20.0 Å². The summed E-state index contributed by atoms with van der Waals surface area (Å²) >= 11 is 0. The van der Waals surface area contributed by atoms with E-state index in [0.717, 1.165) is 22.3 Å². The highest BCUT2D eigenvalue weighted by molar-refractivity contribution is 14.0. The van der Waals surface area contributed by atoms with Gasteiger partial charge in [-0.1, -0.05) is 12.1 Å². The first-order valence-corrected chi connectivity index (χ1v) is 9.31. The van der Waals surface area contributed by atoms with Gasteiger partial charge in [-0.05, 0) is 42.8 Å². The normalized spacial score (nSPS) is 11.2. The van der Waals surface area contributed by atoms with Crippen molar-refractivity contribution in [2.75, 3.05) is 21.1 Å². The molecule has 3 aromatic rings. The fraction of sp³-hybridized carbons (Fsp3) is 0.273. The largest absolute Gasteiger partial charge is 0.459 e. The van der Waals surface area contributed by atoms with Gasteiger partial charge in [-0.3, -0.25) is 9.79 Å². The molecule has 6 nitrogen and oxygen atoms in total. The summed E-state index contributed by atoms with van der Waals surface area (Å²) in [5, 5.41) is 7.21. The van der Waals surface area contributed by atoms with E-state index in [1.165, 1.54) is 12.1 Å². The molecule has 0 aliphatic heterocycles. The number of hydrogen-bond acceptors (Lipinski definition) is 3. The molecule has 8 heteroatoms. The SMILES string of the molecule is CN=C(NCc1ccc(C(=O)N(C)C)cc1)NCc1oc2ccc(F)cc2c1C.I. The van der Waals surface area contributed by atoms with Crippen LogP contribution in [0.4, 0.5) is 4.39 Å². The number of amides is 1. The third kappa shape index (κ3) is 5.50. The van der Waals surface area contributed by atoms with E-state index >= 15 is 0 Å². The van der Waals surface area contributed by atoms with E-state index in [4.69, 9.17) is 4.42 Å². The molecular weight excluding hydrogens is 498 g/mol. The Morgan fingerprint density at radius 1 is 1.10 bits per heavy atom. The molecular formula is C22H26FIN4O2. The second kappa shape index (κ2) is 10.4. The lowest BCUT2D eigenvalue weighted by Gasteiger charge is -2.13. The average molecular weight is 524 g/mol. The number of carbonyl (C=O) groups is 1. The number of fused-ring (bicyclic) bond motifs is 1. The highest BCUT2D eigenvalue weighted by atomic mass is 127. The molecule has 0 atom stereocenters. The Hall–Kier alpha value is -2.62. The van der Waals surface area contributed by atoms with Crippen molar-refractivity contribution in [3.8, 4) is 0 Å². The molecule has 30 heavy (non-hydrogen) atoms. The van der Waals surface area contributed by atoms with Crippen LogP contribution in [0.15, 0.2) is 51.9 Å². The van der Waals surface area contributed by atoms with E-state index in [1.54, 1.807) is 32.1 Å². The first-order chi connectivity index (χ1) is 13.9. The predicted molar refractivity (Wildman–Crippen MR) is 128 cm³/mol. The third-order valence-electron chi connectivity index (χ3n) is 4.70. The number of benzene rings is 2. The molecule has 0 saturated heterocycles. The molecule has 0 fully saturated rings. The van der Waals surface area contributed by atoms with Crippen molar-refractivity contribution >= 4 is 46.8 Å². The van der Waals surface area contributed by atoms with E-state index in [0.29, 0.717) is 30.2 Å². The second-order valence-corrected chi connectivity index (χ2v) is 6.97. The number of aryl methyl sites for hydroxylation is 1. The zero-order valence-electron chi connectivity index (χ0n) is 17.5. The van der Waals surface area contributed by atoms with Crippen LogP contribution in [0.1, 0.15) is 27.2 Å². The summed E-state index contributed by atoms with van der Waals surface area (Å²) in [6, 6.07) is 12.0. The van der Waals surface area contributed by atoms with Gasteiger partial charge >= 0.3 is 0 Å². The summed E-state index contributed by atoms with van der Waals surface area (Å²) in [6.07, 6.45) is 0. The van der Waals surface area contributed by atoms with Gasteiger partial charge in [0.2, 0.25) is 0 Å². The molecule has 2 aromatic carbocycles. The maximum absolute atomic E-state index is 13.5. The van der Waals surface area contributed by atoms with Crippen LogP contribution in [-0.2, 0) is 13.1 Å². The molecule has 1 heterocycles. The monoisotopic (exact) mass is 524 g/mol. The first-order valence-electron chi connectivity index (χ1n) is 9.31. The third-order valence-corrected chi connectivity index (χ3v) is 4.70. The van der Waals surface area contributed by atoms with Gasteiger partial charge in [0.25, 0.3) is 5.91 Å². The Morgan fingerprint density at radius 3 is 2.40 bits per heavy atom. The highest BCUT2D eigenvalue weighted by Crippen LogP contribution is 2.25. The summed E-state index contributed by atoms with van der Waals surface area (Å²) in [6.45, 7) is 2.90. The van der Waals surface area contributed by atoms with Crippen LogP contribution in [0.3, 0.4) is 0 Å². The van der Waals surface area contributed by atoms with E-state index < -0.39 is 0 Å². The lowest BCUT2D eigenvalue weighted by Crippen LogP contribution is -2.36. The molecule has 0 saturated carbocycles. The molecule has 0 bridgehead atoms. The van der Waals surface area contributed by atoms with Crippen molar-refractivity contribution in [3.63, 3.8) is 0 Å². The molecule has 0 aliphatic rings. The molecule has 1 amide bonds. The molecule has 160 valence electrons. The van der Waals surface area contributed by atoms with E-state index in [9.17, 15) is 9.18 Å². The van der Waals surface area contributed by atoms with Crippen molar-refractivity contribution in [2.24, 2.45) is 4.99 Å². The van der Waals surface area contributed by atoms with Crippen molar-refractivity contribution in [1.29, 1.82) is 0 Å². The van der Waals surface area contributed by atoms with E-state index in [2.05, 4.69) is 15.6 Å². The molecule has 0 spiro atoms. The van der Waals surface area contributed by atoms with Crippen LogP contribution in [0, 0.1) is 12.7 Å². The number of furan rings is 1. The lowest BCUT2D eigenvalue weighted by molar-refractivity contribution is 0.0827. The van der Waals surface area contributed by atoms with Gasteiger partial charge in [-0.2, -0.15) is 0 Å². The highest BCUT2D eigenvalue weighted by Gasteiger charge is 2.12. The molecule has 1 aromatic heterocycles. The van der Waals surface area contributed by atoms with Gasteiger partial charge in [-0.15, -0.1) is 24.0 Å². The minimum absolute atomic E-state index is 0. The summed E-state index contributed by atoms with van der Waals surface area (Å²) in [4.78, 5) is 17.7. The maximum Gasteiger partial charge on any atom is 0.253 e.